The molecule has 0 bridgehead atoms. The van der Waals surface area contributed by atoms with Gasteiger partial charge in [0.2, 0.25) is 6.08 Å². The molecule has 0 heterocycles. The maximum absolute atomic E-state index is 9.78. The third-order valence-electron chi connectivity index (χ3n) is 0.721. The molecule has 0 aromatic heterocycles. The molecule has 52 valence electrons. The summed E-state index contributed by atoms with van der Waals surface area (Å²) in [7, 11) is 4.79. The Labute approximate surface area is 72.3 Å². The van der Waals surface area contributed by atoms with E-state index in [9.17, 15) is 4.79 Å². The number of alkyl halides is 1. The van der Waals surface area contributed by atoms with E-state index in [1.807, 2.05) is 22.6 Å². The second-order valence-electron chi connectivity index (χ2n) is 1.52. The molecule has 0 aliphatic heterocycles. The summed E-state index contributed by atoms with van der Waals surface area (Å²) in [5.41, 5.74) is 0. The normalized spacial score (nSPS) is 16.6. The van der Waals surface area contributed by atoms with Crippen LogP contribution < -0.4 is 0 Å². The Morgan fingerprint density at radius 1 is 1.78 bits per heavy atom. The van der Waals surface area contributed by atoms with Gasteiger partial charge in [-0.3, -0.25) is 0 Å². The standard InChI is InChI=1S/C3H7IN2OP2/c1-3(4,5-2-7)6(8)9/h8-9H2,1H3. The van der Waals surface area contributed by atoms with Crippen molar-refractivity contribution in [3.05, 3.63) is 0 Å². The highest BCUT2D eigenvalue weighted by molar-refractivity contribution is 14.1. The molecule has 3 nitrogen and oxygen atoms in total. The number of halogens is 1. The zero-order valence-corrected chi connectivity index (χ0v) is 9.30. The van der Waals surface area contributed by atoms with Gasteiger partial charge >= 0.3 is 0 Å². The van der Waals surface area contributed by atoms with Gasteiger partial charge in [0, 0.05) is 0 Å². The van der Waals surface area contributed by atoms with Crippen LogP contribution in [0.1, 0.15) is 6.92 Å². The Morgan fingerprint density at radius 2 is 2.22 bits per heavy atom. The summed E-state index contributed by atoms with van der Waals surface area (Å²) in [6.45, 7) is 1.79. The van der Waals surface area contributed by atoms with Crippen molar-refractivity contribution in [2.24, 2.45) is 4.99 Å². The highest BCUT2D eigenvalue weighted by Gasteiger charge is 2.20. The van der Waals surface area contributed by atoms with E-state index in [-0.39, 0.29) is 0 Å². The van der Waals surface area contributed by atoms with Crippen LogP contribution >= 0.6 is 41.4 Å². The van der Waals surface area contributed by atoms with Gasteiger partial charge in [-0.05, 0) is 29.5 Å². The van der Waals surface area contributed by atoms with Crippen LogP contribution in [0, 0.1) is 0 Å². The number of rotatable bonds is 2. The monoisotopic (exact) mass is 276 g/mol. The van der Waals surface area contributed by atoms with Crippen LogP contribution in [0.15, 0.2) is 4.99 Å². The second kappa shape index (κ2) is 3.95. The minimum atomic E-state index is -0.519. The topological polar surface area (TPSA) is 32.7 Å². The summed E-state index contributed by atoms with van der Waals surface area (Å²) in [6, 6.07) is 0. The first-order valence-electron chi connectivity index (χ1n) is 2.08. The van der Waals surface area contributed by atoms with E-state index in [1.54, 1.807) is 11.4 Å². The van der Waals surface area contributed by atoms with Crippen LogP contribution in [0.2, 0.25) is 0 Å². The van der Waals surface area contributed by atoms with Crippen molar-refractivity contribution in [3.63, 3.8) is 0 Å². The number of carbonyl (C=O) groups excluding carboxylic acids is 1. The summed E-state index contributed by atoms with van der Waals surface area (Å²) in [5.74, 6) is 0. The van der Waals surface area contributed by atoms with E-state index in [2.05, 4.69) is 23.8 Å². The van der Waals surface area contributed by atoms with Gasteiger partial charge in [-0.25, -0.2) is 9.24 Å². The number of isocyanates is 1. The van der Waals surface area contributed by atoms with E-state index in [1.165, 1.54) is 6.08 Å². The lowest BCUT2D eigenvalue weighted by Gasteiger charge is -2.22. The van der Waals surface area contributed by atoms with Crippen LogP contribution in [0.25, 0.3) is 0 Å². The van der Waals surface area contributed by atoms with Crippen molar-refractivity contribution in [3.8, 4) is 0 Å². The van der Waals surface area contributed by atoms with Crippen molar-refractivity contribution in [2.45, 2.75) is 10.6 Å². The molecular weight excluding hydrogens is 269 g/mol. The zero-order chi connectivity index (χ0) is 7.49. The fourth-order valence-corrected chi connectivity index (χ4v) is 0.355. The van der Waals surface area contributed by atoms with Crippen molar-refractivity contribution < 1.29 is 4.79 Å². The third kappa shape index (κ3) is 3.59. The molecule has 6 heteroatoms. The summed E-state index contributed by atoms with van der Waals surface area (Å²) in [6.07, 6.45) is 1.49. The molecule has 0 radical (unpaired) electrons. The van der Waals surface area contributed by atoms with Crippen molar-refractivity contribution in [2.75, 3.05) is 0 Å². The number of aliphatic imine (C=N–C) groups is 1. The average molecular weight is 276 g/mol. The number of nitrogens with zero attached hydrogens (tertiary/aromatic N) is 2. The largest absolute Gasteiger partial charge is 0.238 e. The first kappa shape index (κ1) is 9.93. The lowest BCUT2D eigenvalue weighted by atomic mass is 10.6. The molecular formula is C3H7IN2OP2. The van der Waals surface area contributed by atoms with Crippen LogP contribution in [-0.4, -0.2) is 14.2 Å². The Hall–Kier alpha value is 0.930. The quantitative estimate of drug-likeness (QED) is 0.190. The van der Waals surface area contributed by atoms with Gasteiger partial charge in [-0.2, -0.15) is 4.99 Å². The van der Waals surface area contributed by atoms with Gasteiger partial charge in [0.25, 0.3) is 0 Å². The van der Waals surface area contributed by atoms with E-state index in [0.717, 1.165) is 0 Å². The Kier molecular flexibility index (Phi) is 4.35. The molecule has 0 saturated heterocycles. The average Bonchev–Trinajstić information content (AvgIpc) is 1.65. The van der Waals surface area contributed by atoms with Gasteiger partial charge in [0.1, 0.15) is 0 Å². The first-order valence-corrected chi connectivity index (χ1v) is 4.19. The van der Waals surface area contributed by atoms with Gasteiger partial charge in [-0.1, -0.05) is 18.8 Å². The predicted molar refractivity (Wildman–Crippen MR) is 51.8 cm³/mol. The van der Waals surface area contributed by atoms with Crippen molar-refractivity contribution in [1.29, 1.82) is 0 Å². The molecule has 9 heavy (non-hydrogen) atoms. The Morgan fingerprint density at radius 3 is 2.33 bits per heavy atom. The maximum atomic E-state index is 9.78. The van der Waals surface area contributed by atoms with Gasteiger partial charge in [0.15, 0.2) is 3.67 Å². The lowest BCUT2D eigenvalue weighted by molar-refractivity contribution is 0.522. The van der Waals surface area contributed by atoms with Gasteiger partial charge in [0.05, 0.1) is 0 Å². The molecule has 0 rings (SSSR count). The molecule has 0 N–H and O–H groups in total. The van der Waals surface area contributed by atoms with E-state index in [4.69, 9.17) is 0 Å². The fourth-order valence-electron chi connectivity index (χ4n) is 0.141. The fraction of sp³-hybridized carbons (Fsp3) is 0.667. The minimum absolute atomic E-state index is 0.519. The summed E-state index contributed by atoms with van der Waals surface area (Å²) in [4.78, 5) is 13.3. The molecule has 0 saturated carbocycles. The molecule has 3 unspecified atom stereocenters. The van der Waals surface area contributed by atoms with Crippen molar-refractivity contribution in [1.82, 2.24) is 4.44 Å². The van der Waals surface area contributed by atoms with E-state index in [0.29, 0.717) is 0 Å². The highest BCUT2D eigenvalue weighted by Crippen LogP contribution is 2.31. The van der Waals surface area contributed by atoms with Crippen LogP contribution in [0.4, 0.5) is 0 Å². The van der Waals surface area contributed by atoms with E-state index >= 15 is 0 Å². The second-order valence-corrected chi connectivity index (χ2v) is 5.27. The van der Waals surface area contributed by atoms with Crippen LogP contribution in [0.5, 0.6) is 0 Å². The number of hydrogen-bond acceptors (Lipinski definition) is 3. The van der Waals surface area contributed by atoms with Crippen LogP contribution in [0.3, 0.4) is 0 Å². The molecule has 0 aliphatic carbocycles. The Bertz CT molecular complexity index is 143. The maximum Gasteiger partial charge on any atom is 0.237 e. The number of hydrogen-bond donors (Lipinski definition) is 0. The summed E-state index contributed by atoms with van der Waals surface area (Å²) in [5, 5.41) is 0. The lowest BCUT2D eigenvalue weighted by Crippen LogP contribution is -2.22. The molecule has 3 atom stereocenters. The zero-order valence-electron chi connectivity index (χ0n) is 4.84. The molecule has 0 aliphatic rings. The molecule has 0 aromatic rings. The van der Waals surface area contributed by atoms with E-state index < -0.39 is 3.67 Å². The molecule has 0 fully saturated rings. The predicted octanol–water partition coefficient (Wildman–Crippen LogP) is 1.31. The minimum Gasteiger partial charge on any atom is -0.238 e. The van der Waals surface area contributed by atoms with Crippen molar-refractivity contribution >= 4 is 47.5 Å². The smallest absolute Gasteiger partial charge is 0.237 e. The third-order valence-corrected chi connectivity index (χ3v) is 3.58. The molecule has 0 amide bonds. The van der Waals surface area contributed by atoms with Gasteiger partial charge < -0.3 is 0 Å². The SMILES string of the molecule is CC(I)(N=C=O)N(P)P. The summed E-state index contributed by atoms with van der Waals surface area (Å²) >= 11 is 2.02. The Balaban J connectivity index is 4.18. The molecule has 0 aromatic carbocycles. The summed E-state index contributed by atoms with van der Waals surface area (Å²) < 4.78 is 1.15. The highest BCUT2D eigenvalue weighted by atomic mass is 127. The molecule has 0 spiro atoms. The first-order chi connectivity index (χ1) is 4.00. The van der Waals surface area contributed by atoms with Gasteiger partial charge in [-0.15, -0.1) is 0 Å². The van der Waals surface area contributed by atoms with Crippen LogP contribution in [-0.2, 0) is 4.79 Å².